The maximum Gasteiger partial charge on any atom is 0.407 e. The molecule has 1 aliphatic carbocycles. The van der Waals surface area contributed by atoms with Gasteiger partial charge < -0.3 is 19.5 Å². The highest BCUT2D eigenvalue weighted by Gasteiger charge is 2.34. The van der Waals surface area contributed by atoms with Gasteiger partial charge in [-0.1, -0.05) is 0 Å². The molecule has 1 amide bonds. The van der Waals surface area contributed by atoms with Gasteiger partial charge in [0.2, 0.25) is 0 Å². The lowest BCUT2D eigenvalue weighted by atomic mass is 9.89. The molecule has 1 N–H and O–H groups in total. The Bertz CT molecular complexity index is 560. The van der Waals surface area contributed by atoms with Gasteiger partial charge in [-0.2, -0.15) is 0 Å². The van der Waals surface area contributed by atoms with Crippen LogP contribution >= 0.6 is 15.9 Å². The first kappa shape index (κ1) is 18.0. The summed E-state index contributed by atoms with van der Waals surface area (Å²) in [6, 6.07) is 1.86. The van der Waals surface area contributed by atoms with Gasteiger partial charge in [0, 0.05) is 0 Å². The highest BCUT2D eigenvalue weighted by Crippen LogP contribution is 2.27. The summed E-state index contributed by atoms with van der Waals surface area (Å²) >= 11 is 3.42. The van der Waals surface area contributed by atoms with Gasteiger partial charge >= 0.3 is 6.09 Å². The van der Waals surface area contributed by atoms with Crippen LogP contribution in [0.3, 0.4) is 0 Å². The van der Waals surface area contributed by atoms with Crippen LogP contribution in [0.25, 0.3) is 0 Å². The minimum atomic E-state index is -0.497. The molecule has 0 spiro atoms. The molecule has 1 saturated carbocycles. The van der Waals surface area contributed by atoms with Crippen molar-refractivity contribution in [3.8, 4) is 5.75 Å². The Hall–Kier alpha value is -1.34. The Kier molecular flexibility index (Phi) is 5.86. The number of halogens is 1. The zero-order valence-corrected chi connectivity index (χ0v) is 15.5. The number of nitrogens with zero attached hydrogens (tertiary/aromatic N) is 1. The van der Waals surface area contributed by atoms with Crippen molar-refractivity contribution in [1.82, 2.24) is 10.3 Å². The number of hydrogen-bond acceptors (Lipinski definition) is 5. The monoisotopic (exact) mass is 386 g/mol. The van der Waals surface area contributed by atoms with Crippen LogP contribution in [0.15, 0.2) is 16.7 Å². The van der Waals surface area contributed by atoms with Crippen LogP contribution < -0.4 is 10.1 Å². The molecule has 1 aliphatic rings. The molecule has 0 saturated heterocycles. The maximum atomic E-state index is 11.8. The summed E-state index contributed by atoms with van der Waals surface area (Å²) in [6.45, 7) is 5.91. The average Bonchev–Trinajstić information content (AvgIpc) is 2.42. The molecular formula is C16H23BrN2O4. The standard InChI is InChI=1S/C16H23BrN2O4/c1-16(2,3)23-15(20)19-12-5-6-13(12)22-9-10-7-11(17)14(21-4)8-18-10/h7-8,12-13H,5-6,9H2,1-4H3,(H,19,20)/t12-,13-/m1/s1. The molecule has 0 bridgehead atoms. The topological polar surface area (TPSA) is 69.7 Å². The molecular weight excluding hydrogens is 364 g/mol. The van der Waals surface area contributed by atoms with Crippen molar-refractivity contribution in [3.05, 3.63) is 22.4 Å². The molecule has 23 heavy (non-hydrogen) atoms. The first-order valence-corrected chi connectivity index (χ1v) is 8.37. The molecule has 6 nitrogen and oxygen atoms in total. The van der Waals surface area contributed by atoms with E-state index in [0.717, 1.165) is 23.0 Å². The Morgan fingerprint density at radius 1 is 1.43 bits per heavy atom. The molecule has 1 aromatic rings. The summed E-state index contributed by atoms with van der Waals surface area (Å²) in [4.78, 5) is 16.1. The zero-order chi connectivity index (χ0) is 17.0. The van der Waals surface area contributed by atoms with Crippen molar-refractivity contribution in [1.29, 1.82) is 0 Å². The van der Waals surface area contributed by atoms with Gasteiger partial charge in [-0.05, 0) is 55.6 Å². The summed E-state index contributed by atoms with van der Waals surface area (Å²) in [5.74, 6) is 0.682. The van der Waals surface area contributed by atoms with Crippen LogP contribution in [0.2, 0.25) is 0 Å². The Morgan fingerprint density at radius 3 is 2.70 bits per heavy atom. The Balaban J connectivity index is 1.80. The van der Waals surface area contributed by atoms with Gasteiger partial charge in [0.05, 0.1) is 42.2 Å². The molecule has 2 rings (SSSR count). The summed E-state index contributed by atoms with van der Waals surface area (Å²) in [6.07, 6.45) is 3.05. The van der Waals surface area contributed by atoms with Gasteiger partial charge in [0.1, 0.15) is 5.60 Å². The van der Waals surface area contributed by atoms with E-state index in [2.05, 4.69) is 26.2 Å². The molecule has 0 unspecified atom stereocenters. The van der Waals surface area contributed by atoms with E-state index in [-0.39, 0.29) is 12.1 Å². The minimum Gasteiger partial charge on any atom is -0.494 e. The molecule has 0 radical (unpaired) electrons. The Labute approximate surface area is 145 Å². The minimum absolute atomic E-state index is 0.00783. The number of alkyl carbamates (subject to hydrolysis) is 1. The molecule has 1 heterocycles. The molecule has 0 aliphatic heterocycles. The predicted molar refractivity (Wildman–Crippen MR) is 89.5 cm³/mol. The van der Waals surface area contributed by atoms with E-state index in [1.165, 1.54) is 0 Å². The van der Waals surface area contributed by atoms with Crippen molar-refractivity contribution in [2.75, 3.05) is 7.11 Å². The second-order valence-corrected chi connectivity index (χ2v) is 7.34. The quantitative estimate of drug-likeness (QED) is 0.839. The summed E-state index contributed by atoms with van der Waals surface area (Å²) in [5.41, 5.74) is 0.310. The van der Waals surface area contributed by atoms with E-state index < -0.39 is 11.7 Å². The second-order valence-electron chi connectivity index (χ2n) is 6.49. The van der Waals surface area contributed by atoms with E-state index in [9.17, 15) is 4.79 Å². The highest BCUT2D eigenvalue weighted by atomic mass is 79.9. The largest absolute Gasteiger partial charge is 0.494 e. The SMILES string of the molecule is COc1cnc(CO[C@@H]2CC[C@H]2NC(=O)OC(C)(C)C)cc1Br. The van der Waals surface area contributed by atoms with Gasteiger partial charge in [-0.3, -0.25) is 4.98 Å². The smallest absolute Gasteiger partial charge is 0.407 e. The van der Waals surface area contributed by atoms with Crippen molar-refractivity contribution in [2.24, 2.45) is 0 Å². The number of rotatable bonds is 5. The van der Waals surface area contributed by atoms with Crippen LogP contribution in [-0.4, -0.2) is 35.9 Å². The summed E-state index contributed by atoms with van der Waals surface area (Å²) in [5, 5.41) is 2.85. The fraction of sp³-hybridized carbons (Fsp3) is 0.625. The van der Waals surface area contributed by atoms with E-state index in [4.69, 9.17) is 14.2 Å². The van der Waals surface area contributed by atoms with E-state index >= 15 is 0 Å². The molecule has 1 fully saturated rings. The first-order chi connectivity index (χ1) is 10.8. The number of ether oxygens (including phenoxy) is 3. The molecule has 1 aromatic heterocycles. The van der Waals surface area contributed by atoms with Crippen molar-refractivity contribution in [3.63, 3.8) is 0 Å². The third kappa shape index (κ3) is 5.35. The normalized spacial score (nSPS) is 20.6. The number of methoxy groups -OCH3 is 1. The lowest BCUT2D eigenvalue weighted by molar-refractivity contribution is -0.0402. The number of aromatic nitrogens is 1. The van der Waals surface area contributed by atoms with Gasteiger partial charge in [0.15, 0.2) is 5.75 Å². The number of pyridine rings is 1. The van der Waals surface area contributed by atoms with Crippen LogP contribution in [0.4, 0.5) is 4.79 Å². The molecule has 0 aromatic carbocycles. The summed E-state index contributed by atoms with van der Waals surface area (Å²) in [7, 11) is 1.60. The van der Waals surface area contributed by atoms with Crippen molar-refractivity contribution < 1.29 is 19.0 Å². The lowest BCUT2D eigenvalue weighted by Gasteiger charge is -2.37. The van der Waals surface area contributed by atoms with E-state index in [0.29, 0.717) is 12.4 Å². The van der Waals surface area contributed by atoms with E-state index in [1.54, 1.807) is 13.3 Å². The number of nitrogens with one attached hydrogen (secondary N) is 1. The lowest BCUT2D eigenvalue weighted by Crippen LogP contribution is -2.52. The maximum absolute atomic E-state index is 11.8. The first-order valence-electron chi connectivity index (χ1n) is 7.58. The van der Waals surface area contributed by atoms with Crippen molar-refractivity contribution >= 4 is 22.0 Å². The van der Waals surface area contributed by atoms with Gasteiger partial charge in [0.25, 0.3) is 0 Å². The van der Waals surface area contributed by atoms with E-state index in [1.807, 2.05) is 26.8 Å². The molecule has 7 heteroatoms. The summed E-state index contributed by atoms with van der Waals surface area (Å²) < 4.78 is 17.1. The highest BCUT2D eigenvalue weighted by molar-refractivity contribution is 9.10. The fourth-order valence-electron chi connectivity index (χ4n) is 2.17. The van der Waals surface area contributed by atoms with Crippen LogP contribution in [0, 0.1) is 0 Å². The predicted octanol–water partition coefficient (Wildman–Crippen LogP) is 3.43. The molecule has 2 atom stereocenters. The third-order valence-electron chi connectivity index (χ3n) is 3.45. The molecule has 128 valence electrons. The van der Waals surface area contributed by atoms with Gasteiger partial charge in [-0.15, -0.1) is 0 Å². The van der Waals surface area contributed by atoms with Crippen LogP contribution in [0.5, 0.6) is 5.75 Å². The number of hydrogen-bond donors (Lipinski definition) is 1. The number of carbonyl (C=O) groups excluding carboxylic acids is 1. The zero-order valence-electron chi connectivity index (χ0n) is 13.9. The average molecular weight is 387 g/mol. The third-order valence-corrected chi connectivity index (χ3v) is 4.07. The van der Waals surface area contributed by atoms with Crippen molar-refractivity contribution in [2.45, 2.75) is 58.0 Å². The Morgan fingerprint density at radius 2 is 2.17 bits per heavy atom. The van der Waals surface area contributed by atoms with Crippen LogP contribution in [-0.2, 0) is 16.1 Å². The fourth-order valence-corrected chi connectivity index (χ4v) is 2.70. The van der Waals surface area contributed by atoms with Gasteiger partial charge in [-0.25, -0.2) is 4.79 Å². The second kappa shape index (κ2) is 7.49. The number of carbonyl (C=O) groups is 1. The number of amides is 1. The van der Waals surface area contributed by atoms with Crippen LogP contribution in [0.1, 0.15) is 39.3 Å².